The van der Waals surface area contributed by atoms with Gasteiger partial charge in [-0.2, -0.15) is 0 Å². The predicted octanol–water partition coefficient (Wildman–Crippen LogP) is 2.80. The van der Waals surface area contributed by atoms with E-state index in [1.54, 1.807) is 7.11 Å². The van der Waals surface area contributed by atoms with Gasteiger partial charge in [-0.25, -0.2) is 0 Å². The van der Waals surface area contributed by atoms with Gasteiger partial charge in [0.05, 0.1) is 0 Å². The lowest BCUT2D eigenvalue weighted by Gasteiger charge is -2.39. The fourth-order valence-corrected chi connectivity index (χ4v) is 2.74. The molecule has 0 saturated carbocycles. The maximum atomic E-state index is 12.5. The first kappa shape index (κ1) is 16.1. The van der Waals surface area contributed by atoms with Crippen molar-refractivity contribution in [2.75, 3.05) is 38.2 Å². The van der Waals surface area contributed by atoms with Crippen LogP contribution in [0.25, 0.3) is 0 Å². The highest BCUT2D eigenvalue weighted by atomic mass is 35.5. The van der Waals surface area contributed by atoms with E-state index in [1.807, 2.05) is 36.9 Å². The summed E-state index contributed by atoms with van der Waals surface area (Å²) in [6, 6.07) is 7.84. The molecule has 1 saturated heterocycles. The number of halogens is 1. The molecule has 1 atom stereocenters. The first-order valence-corrected chi connectivity index (χ1v) is 7.73. The Morgan fingerprint density at radius 3 is 2.52 bits per heavy atom. The second kappa shape index (κ2) is 6.67. The van der Waals surface area contributed by atoms with Crippen molar-refractivity contribution in [3.8, 4) is 0 Å². The van der Waals surface area contributed by atoms with Crippen molar-refractivity contribution < 1.29 is 9.53 Å². The Labute approximate surface area is 131 Å². The van der Waals surface area contributed by atoms with E-state index in [4.69, 9.17) is 16.3 Å². The van der Waals surface area contributed by atoms with E-state index >= 15 is 0 Å². The monoisotopic (exact) mass is 310 g/mol. The molecule has 1 amide bonds. The molecule has 0 bridgehead atoms. The molecule has 0 spiro atoms. The lowest BCUT2D eigenvalue weighted by atomic mass is 10.0. The summed E-state index contributed by atoms with van der Waals surface area (Å²) < 4.78 is 5.41. The average Bonchev–Trinajstić information content (AvgIpc) is 2.53. The summed E-state index contributed by atoms with van der Waals surface area (Å²) in [7, 11) is 1.60. The van der Waals surface area contributed by atoms with Gasteiger partial charge in [0, 0.05) is 44.0 Å². The van der Waals surface area contributed by atoms with Crippen molar-refractivity contribution in [3.05, 3.63) is 29.3 Å². The third-order valence-corrected chi connectivity index (χ3v) is 4.55. The van der Waals surface area contributed by atoms with Gasteiger partial charge in [-0.1, -0.05) is 24.6 Å². The largest absolute Gasteiger partial charge is 0.369 e. The maximum Gasteiger partial charge on any atom is 0.254 e. The molecule has 4 nitrogen and oxygen atoms in total. The van der Waals surface area contributed by atoms with Crippen molar-refractivity contribution >= 4 is 23.2 Å². The molecule has 1 aromatic carbocycles. The quantitative estimate of drug-likeness (QED) is 0.857. The molecule has 116 valence electrons. The first-order valence-electron chi connectivity index (χ1n) is 7.35. The number of hydrogen-bond donors (Lipinski definition) is 0. The Balaban J connectivity index is 1.99. The number of piperazine rings is 1. The van der Waals surface area contributed by atoms with Crippen LogP contribution in [-0.2, 0) is 9.53 Å². The van der Waals surface area contributed by atoms with Gasteiger partial charge in [0.2, 0.25) is 0 Å². The topological polar surface area (TPSA) is 32.8 Å². The Hall–Kier alpha value is -1.26. The summed E-state index contributed by atoms with van der Waals surface area (Å²) in [6.07, 6.45) is 0.677. The van der Waals surface area contributed by atoms with Crippen LogP contribution in [-0.4, -0.2) is 49.7 Å². The molecule has 5 heteroatoms. The second-order valence-corrected chi connectivity index (χ2v) is 5.98. The zero-order valence-corrected chi connectivity index (χ0v) is 13.7. The molecule has 1 fully saturated rings. The summed E-state index contributed by atoms with van der Waals surface area (Å²) in [5.74, 6) is 0.0817. The Morgan fingerprint density at radius 1 is 1.33 bits per heavy atom. The van der Waals surface area contributed by atoms with E-state index in [1.165, 1.54) is 0 Å². The number of ether oxygens (including phenoxy) is 1. The summed E-state index contributed by atoms with van der Waals surface area (Å²) in [6.45, 7) is 6.89. The molecule has 1 aromatic rings. The Bertz CT molecular complexity index is 495. The molecule has 1 unspecified atom stereocenters. The van der Waals surface area contributed by atoms with Crippen molar-refractivity contribution in [1.29, 1.82) is 0 Å². The fraction of sp³-hybridized carbons (Fsp3) is 0.562. The lowest BCUT2D eigenvalue weighted by Crippen LogP contribution is -2.55. The van der Waals surface area contributed by atoms with Gasteiger partial charge in [-0.15, -0.1) is 0 Å². The highest BCUT2D eigenvalue weighted by molar-refractivity contribution is 6.30. The van der Waals surface area contributed by atoms with E-state index in [0.717, 1.165) is 23.8 Å². The van der Waals surface area contributed by atoms with Gasteiger partial charge < -0.3 is 14.5 Å². The Kier molecular flexibility index (Phi) is 5.12. The van der Waals surface area contributed by atoms with Crippen LogP contribution in [0.4, 0.5) is 5.69 Å². The zero-order valence-electron chi connectivity index (χ0n) is 12.9. The predicted molar refractivity (Wildman–Crippen MR) is 86.0 cm³/mol. The van der Waals surface area contributed by atoms with Crippen LogP contribution < -0.4 is 4.90 Å². The minimum atomic E-state index is -0.710. The van der Waals surface area contributed by atoms with Crippen LogP contribution in [0.1, 0.15) is 20.3 Å². The van der Waals surface area contributed by atoms with Gasteiger partial charge in [-0.05, 0) is 31.5 Å². The third kappa shape index (κ3) is 3.50. The molecule has 21 heavy (non-hydrogen) atoms. The molecule has 0 aliphatic carbocycles. The number of rotatable bonds is 4. The number of carbonyl (C=O) groups is 1. The highest BCUT2D eigenvalue weighted by Crippen LogP contribution is 2.23. The molecule has 2 rings (SSSR count). The molecule has 1 aliphatic rings. The molecule has 0 N–H and O–H groups in total. The van der Waals surface area contributed by atoms with Gasteiger partial charge in [0.1, 0.15) is 5.60 Å². The summed E-state index contributed by atoms with van der Waals surface area (Å²) in [4.78, 5) is 16.7. The molecule has 1 aliphatic heterocycles. The van der Waals surface area contributed by atoms with E-state index in [2.05, 4.69) is 11.0 Å². The van der Waals surface area contributed by atoms with Crippen molar-refractivity contribution in [2.24, 2.45) is 0 Å². The van der Waals surface area contributed by atoms with Crippen LogP contribution in [0, 0.1) is 0 Å². The van der Waals surface area contributed by atoms with Crippen molar-refractivity contribution in [2.45, 2.75) is 25.9 Å². The van der Waals surface area contributed by atoms with E-state index in [0.29, 0.717) is 19.5 Å². The van der Waals surface area contributed by atoms with Gasteiger partial charge >= 0.3 is 0 Å². The summed E-state index contributed by atoms with van der Waals surface area (Å²) in [5.41, 5.74) is 0.401. The number of methoxy groups -OCH3 is 1. The molecule has 0 radical (unpaired) electrons. The van der Waals surface area contributed by atoms with Gasteiger partial charge in [0.25, 0.3) is 5.91 Å². The third-order valence-electron chi connectivity index (χ3n) is 4.32. The van der Waals surface area contributed by atoms with Crippen LogP contribution >= 0.6 is 11.6 Å². The van der Waals surface area contributed by atoms with Crippen LogP contribution in [0.2, 0.25) is 5.02 Å². The zero-order chi connectivity index (χ0) is 15.5. The van der Waals surface area contributed by atoms with Crippen LogP contribution in [0.15, 0.2) is 24.3 Å². The molecule has 0 aromatic heterocycles. The number of anilines is 1. The normalized spacial score (nSPS) is 18.5. The van der Waals surface area contributed by atoms with Crippen molar-refractivity contribution in [1.82, 2.24) is 4.90 Å². The SMILES string of the molecule is CCC(C)(OC)C(=O)N1CCN(c2cccc(Cl)c2)CC1. The highest BCUT2D eigenvalue weighted by Gasteiger charge is 2.36. The minimum Gasteiger partial charge on any atom is -0.369 e. The lowest BCUT2D eigenvalue weighted by molar-refractivity contribution is -0.153. The number of carbonyl (C=O) groups excluding carboxylic acids is 1. The average molecular weight is 311 g/mol. The number of hydrogen-bond acceptors (Lipinski definition) is 3. The summed E-state index contributed by atoms with van der Waals surface area (Å²) >= 11 is 6.03. The number of nitrogens with zero attached hydrogens (tertiary/aromatic N) is 2. The van der Waals surface area contributed by atoms with E-state index < -0.39 is 5.60 Å². The number of benzene rings is 1. The molecule has 1 heterocycles. The van der Waals surface area contributed by atoms with Crippen molar-refractivity contribution in [3.63, 3.8) is 0 Å². The maximum absolute atomic E-state index is 12.5. The van der Waals surface area contributed by atoms with Crippen LogP contribution in [0.5, 0.6) is 0 Å². The second-order valence-electron chi connectivity index (χ2n) is 5.55. The standard InChI is InChI=1S/C16H23ClN2O2/c1-4-16(2,21-3)15(20)19-10-8-18(9-11-19)14-7-5-6-13(17)12-14/h5-7,12H,4,8-11H2,1-3H3. The van der Waals surface area contributed by atoms with E-state index in [9.17, 15) is 4.79 Å². The fourth-order valence-electron chi connectivity index (χ4n) is 2.56. The summed E-state index contributed by atoms with van der Waals surface area (Å²) in [5, 5.41) is 0.740. The van der Waals surface area contributed by atoms with E-state index in [-0.39, 0.29) is 5.91 Å². The minimum absolute atomic E-state index is 0.0817. The smallest absolute Gasteiger partial charge is 0.254 e. The first-order chi connectivity index (χ1) is 10.00. The molecular formula is C16H23ClN2O2. The Morgan fingerprint density at radius 2 is 2.00 bits per heavy atom. The van der Waals surface area contributed by atoms with Gasteiger partial charge in [0.15, 0.2) is 0 Å². The van der Waals surface area contributed by atoms with Crippen LogP contribution in [0.3, 0.4) is 0 Å². The van der Waals surface area contributed by atoms with Gasteiger partial charge in [-0.3, -0.25) is 4.79 Å². The number of amides is 1. The molecular weight excluding hydrogens is 288 g/mol.